The first-order valence-corrected chi connectivity index (χ1v) is 4.67. The lowest BCUT2D eigenvalue weighted by Gasteiger charge is -2.05. The first-order valence-electron chi connectivity index (χ1n) is 4.67. The minimum atomic E-state index is -0.809. The van der Waals surface area contributed by atoms with Crippen molar-refractivity contribution in [3.63, 3.8) is 0 Å². The predicted molar refractivity (Wildman–Crippen MR) is 49.0 cm³/mol. The van der Waals surface area contributed by atoms with Crippen molar-refractivity contribution in [2.45, 2.75) is 32.2 Å². The summed E-state index contributed by atoms with van der Waals surface area (Å²) in [6, 6.07) is 2.28. The Morgan fingerprint density at radius 2 is 2.38 bits per heavy atom. The Hall–Kier alpha value is -1.25. The van der Waals surface area contributed by atoms with Crippen LogP contribution in [-0.4, -0.2) is 15.6 Å². The number of aromatic nitrogens is 1. The van der Waals surface area contributed by atoms with E-state index in [2.05, 4.69) is 4.57 Å². The summed E-state index contributed by atoms with van der Waals surface area (Å²) in [4.78, 5) is 10.8. The molecule has 1 saturated carbocycles. The number of rotatable bonds is 3. The van der Waals surface area contributed by atoms with Crippen LogP contribution in [-0.2, 0) is 6.42 Å². The molecule has 2 rings (SSSR count). The van der Waals surface area contributed by atoms with E-state index in [0.717, 1.165) is 12.1 Å². The molecule has 1 fully saturated rings. The molecule has 3 heteroatoms. The van der Waals surface area contributed by atoms with Crippen molar-refractivity contribution in [3.8, 4) is 0 Å². The van der Waals surface area contributed by atoms with Gasteiger partial charge < -0.3 is 9.67 Å². The molecule has 1 heterocycles. The Bertz CT molecular complexity index is 337. The van der Waals surface area contributed by atoms with Crippen LogP contribution in [0.25, 0.3) is 0 Å². The Balaban J connectivity index is 2.41. The van der Waals surface area contributed by atoms with Gasteiger partial charge in [-0.15, -0.1) is 0 Å². The molecule has 3 nitrogen and oxygen atoms in total. The van der Waals surface area contributed by atoms with E-state index in [0.29, 0.717) is 11.6 Å². The number of hydrogen-bond acceptors (Lipinski definition) is 1. The summed E-state index contributed by atoms with van der Waals surface area (Å²) < 4.78 is 2.11. The molecule has 1 aromatic heterocycles. The Labute approximate surface area is 77.0 Å². The fourth-order valence-electron chi connectivity index (χ4n) is 1.74. The van der Waals surface area contributed by atoms with Gasteiger partial charge in [0, 0.05) is 17.9 Å². The molecule has 0 amide bonds. The lowest BCUT2D eigenvalue weighted by Crippen LogP contribution is -2.04. The van der Waals surface area contributed by atoms with Gasteiger partial charge in [-0.1, -0.05) is 6.92 Å². The fraction of sp³-hybridized carbons (Fsp3) is 0.500. The Kier molecular flexibility index (Phi) is 1.87. The molecular formula is C10H13NO2. The van der Waals surface area contributed by atoms with Gasteiger partial charge in [0.25, 0.3) is 0 Å². The number of hydrogen-bond donors (Lipinski definition) is 1. The number of carboxylic acid groups (broad SMARTS) is 1. The SMILES string of the molecule is CCc1c(C(=O)O)ccn1C1CC1. The summed E-state index contributed by atoms with van der Waals surface area (Å²) in [6.45, 7) is 2.00. The van der Waals surface area contributed by atoms with Crippen LogP contribution in [0, 0.1) is 0 Å². The van der Waals surface area contributed by atoms with E-state index < -0.39 is 5.97 Å². The van der Waals surface area contributed by atoms with Crippen LogP contribution in [0.5, 0.6) is 0 Å². The Morgan fingerprint density at radius 3 is 2.85 bits per heavy atom. The van der Waals surface area contributed by atoms with Crippen LogP contribution in [0.4, 0.5) is 0 Å². The highest BCUT2D eigenvalue weighted by Crippen LogP contribution is 2.37. The van der Waals surface area contributed by atoms with E-state index >= 15 is 0 Å². The van der Waals surface area contributed by atoms with Gasteiger partial charge >= 0.3 is 5.97 Å². The average molecular weight is 179 g/mol. The summed E-state index contributed by atoms with van der Waals surface area (Å²) in [7, 11) is 0. The third-order valence-electron chi connectivity index (χ3n) is 2.53. The monoisotopic (exact) mass is 179 g/mol. The maximum atomic E-state index is 10.8. The van der Waals surface area contributed by atoms with Crippen molar-refractivity contribution in [3.05, 3.63) is 23.5 Å². The number of nitrogens with zero attached hydrogens (tertiary/aromatic N) is 1. The van der Waals surface area contributed by atoms with E-state index in [4.69, 9.17) is 5.11 Å². The third kappa shape index (κ3) is 1.34. The molecule has 1 aliphatic rings. The zero-order chi connectivity index (χ0) is 9.42. The minimum Gasteiger partial charge on any atom is -0.478 e. The molecule has 13 heavy (non-hydrogen) atoms. The highest BCUT2D eigenvalue weighted by atomic mass is 16.4. The maximum absolute atomic E-state index is 10.8. The molecular weight excluding hydrogens is 166 g/mol. The number of carbonyl (C=O) groups is 1. The second-order valence-corrected chi connectivity index (χ2v) is 3.47. The van der Waals surface area contributed by atoms with Crippen molar-refractivity contribution in [2.75, 3.05) is 0 Å². The Morgan fingerprint density at radius 1 is 1.69 bits per heavy atom. The third-order valence-corrected chi connectivity index (χ3v) is 2.53. The van der Waals surface area contributed by atoms with Gasteiger partial charge in [-0.05, 0) is 25.3 Å². The van der Waals surface area contributed by atoms with Crippen LogP contribution in [0.2, 0.25) is 0 Å². The standard InChI is InChI=1S/C10H13NO2/c1-2-9-8(10(12)13)5-6-11(9)7-3-4-7/h5-7H,2-4H2,1H3,(H,12,13). The van der Waals surface area contributed by atoms with Crippen molar-refractivity contribution >= 4 is 5.97 Å². The van der Waals surface area contributed by atoms with Gasteiger partial charge in [-0.25, -0.2) is 4.79 Å². The fourth-order valence-corrected chi connectivity index (χ4v) is 1.74. The normalized spacial score (nSPS) is 16.1. The molecule has 0 aromatic carbocycles. The molecule has 1 aliphatic carbocycles. The lowest BCUT2D eigenvalue weighted by molar-refractivity contribution is 0.0695. The molecule has 1 aromatic rings. The summed E-state index contributed by atoms with van der Waals surface area (Å²) in [5, 5.41) is 8.90. The molecule has 0 bridgehead atoms. The van der Waals surface area contributed by atoms with Gasteiger partial charge in [0.2, 0.25) is 0 Å². The first-order chi connectivity index (χ1) is 6.24. The van der Waals surface area contributed by atoms with Gasteiger partial charge in [0.05, 0.1) is 5.56 Å². The highest BCUT2D eigenvalue weighted by Gasteiger charge is 2.26. The average Bonchev–Trinajstić information content (AvgIpc) is 2.84. The van der Waals surface area contributed by atoms with E-state index in [1.165, 1.54) is 12.8 Å². The topological polar surface area (TPSA) is 42.2 Å². The van der Waals surface area contributed by atoms with Gasteiger partial charge in [0.15, 0.2) is 0 Å². The minimum absolute atomic E-state index is 0.467. The number of aromatic carboxylic acids is 1. The van der Waals surface area contributed by atoms with E-state index in [-0.39, 0.29) is 0 Å². The molecule has 1 N–H and O–H groups in total. The molecule has 0 radical (unpaired) electrons. The van der Waals surface area contributed by atoms with Gasteiger partial charge in [0.1, 0.15) is 0 Å². The van der Waals surface area contributed by atoms with Crippen LogP contribution in [0.15, 0.2) is 12.3 Å². The molecule has 70 valence electrons. The summed E-state index contributed by atoms with van der Waals surface area (Å²) >= 11 is 0. The van der Waals surface area contributed by atoms with Crippen LogP contribution < -0.4 is 0 Å². The quantitative estimate of drug-likeness (QED) is 0.771. The van der Waals surface area contributed by atoms with E-state index in [9.17, 15) is 4.79 Å². The predicted octanol–water partition coefficient (Wildman–Crippen LogP) is 2.08. The zero-order valence-corrected chi connectivity index (χ0v) is 7.66. The summed E-state index contributed by atoms with van der Waals surface area (Å²) in [5.41, 5.74) is 1.43. The molecule has 0 aliphatic heterocycles. The summed E-state index contributed by atoms with van der Waals surface area (Å²) in [6.07, 6.45) is 5.09. The largest absolute Gasteiger partial charge is 0.478 e. The van der Waals surface area contributed by atoms with Crippen LogP contribution in [0.1, 0.15) is 41.9 Å². The van der Waals surface area contributed by atoms with Crippen molar-refractivity contribution < 1.29 is 9.90 Å². The smallest absolute Gasteiger partial charge is 0.337 e. The maximum Gasteiger partial charge on any atom is 0.337 e. The second kappa shape index (κ2) is 2.91. The van der Waals surface area contributed by atoms with Crippen molar-refractivity contribution in [1.82, 2.24) is 4.57 Å². The first kappa shape index (κ1) is 8.35. The van der Waals surface area contributed by atoms with Gasteiger partial charge in [-0.3, -0.25) is 0 Å². The number of carboxylic acids is 1. The highest BCUT2D eigenvalue weighted by molar-refractivity contribution is 5.89. The van der Waals surface area contributed by atoms with E-state index in [1.807, 2.05) is 13.1 Å². The molecule has 0 unspecified atom stereocenters. The second-order valence-electron chi connectivity index (χ2n) is 3.47. The zero-order valence-electron chi connectivity index (χ0n) is 7.66. The van der Waals surface area contributed by atoms with Crippen molar-refractivity contribution in [1.29, 1.82) is 0 Å². The molecule has 0 atom stereocenters. The van der Waals surface area contributed by atoms with Crippen LogP contribution in [0.3, 0.4) is 0 Å². The summed E-state index contributed by atoms with van der Waals surface area (Å²) in [5.74, 6) is -0.809. The van der Waals surface area contributed by atoms with Crippen molar-refractivity contribution in [2.24, 2.45) is 0 Å². The van der Waals surface area contributed by atoms with Crippen LogP contribution >= 0.6 is 0 Å². The molecule has 0 saturated heterocycles. The van der Waals surface area contributed by atoms with Gasteiger partial charge in [-0.2, -0.15) is 0 Å². The molecule has 0 spiro atoms. The van der Waals surface area contributed by atoms with E-state index in [1.54, 1.807) is 6.07 Å². The lowest BCUT2D eigenvalue weighted by atomic mass is 10.2.